The Bertz CT molecular complexity index is 727. The number of carbonyl (C=O) groups excluding carboxylic acids is 1. The molecule has 0 N–H and O–H groups in total. The van der Waals surface area contributed by atoms with Crippen molar-refractivity contribution in [3.63, 3.8) is 0 Å². The lowest BCUT2D eigenvalue weighted by Gasteiger charge is -2.35. The highest BCUT2D eigenvalue weighted by Gasteiger charge is 2.29. The van der Waals surface area contributed by atoms with Gasteiger partial charge < -0.3 is 14.4 Å². The van der Waals surface area contributed by atoms with E-state index in [0.717, 1.165) is 29.0 Å². The smallest absolute Gasteiger partial charge is 0.246 e. The summed E-state index contributed by atoms with van der Waals surface area (Å²) in [6, 6.07) is 15.6. The summed E-state index contributed by atoms with van der Waals surface area (Å²) in [6.07, 6.45) is 2.12. The Kier molecular flexibility index (Phi) is 4.85. The normalized spacial score (nSPS) is 15.8. The first-order valence-electron chi connectivity index (χ1n) is 8.00. The molecule has 0 saturated heterocycles. The summed E-state index contributed by atoms with van der Waals surface area (Å²) < 4.78 is 11.1. The molecule has 24 heavy (non-hydrogen) atoms. The summed E-state index contributed by atoms with van der Waals surface area (Å²) in [6.45, 7) is 4.78. The Balaban J connectivity index is 1.97. The number of rotatable bonds is 5. The number of benzene rings is 2. The molecule has 0 aromatic heterocycles. The van der Waals surface area contributed by atoms with Crippen molar-refractivity contribution in [3.8, 4) is 11.5 Å². The van der Waals surface area contributed by atoms with Crippen LogP contribution in [0.15, 0.2) is 61.2 Å². The van der Waals surface area contributed by atoms with Gasteiger partial charge in [0.15, 0.2) is 0 Å². The molecule has 4 heteroatoms. The van der Waals surface area contributed by atoms with Crippen molar-refractivity contribution in [3.05, 3.63) is 72.3 Å². The van der Waals surface area contributed by atoms with E-state index in [4.69, 9.17) is 9.47 Å². The van der Waals surface area contributed by atoms with Crippen molar-refractivity contribution in [2.24, 2.45) is 0 Å². The lowest BCUT2D eigenvalue weighted by atomic mass is 9.97. The van der Waals surface area contributed by atoms with Crippen LogP contribution in [0.25, 0.3) is 0 Å². The Morgan fingerprint density at radius 3 is 2.83 bits per heavy atom. The van der Waals surface area contributed by atoms with E-state index in [0.29, 0.717) is 13.2 Å². The molecule has 1 atom stereocenters. The maximum Gasteiger partial charge on any atom is 0.246 e. The molecular weight excluding hydrogens is 302 g/mol. The summed E-state index contributed by atoms with van der Waals surface area (Å²) in [7, 11) is 1.64. The second-order valence-electron chi connectivity index (χ2n) is 5.71. The minimum atomic E-state index is -0.0838. The highest BCUT2D eigenvalue weighted by Crippen LogP contribution is 2.39. The molecule has 0 spiro atoms. The zero-order valence-electron chi connectivity index (χ0n) is 13.8. The Hall–Kier alpha value is -2.75. The largest absolute Gasteiger partial charge is 0.497 e. The van der Waals surface area contributed by atoms with E-state index in [2.05, 4.69) is 6.58 Å². The summed E-state index contributed by atoms with van der Waals surface area (Å²) in [4.78, 5) is 14.4. The van der Waals surface area contributed by atoms with Gasteiger partial charge in [-0.2, -0.15) is 0 Å². The van der Waals surface area contributed by atoms with Crippen molar-refractivity contribution in [2.45, 2.75) is 19.0 Å². The van der Waals surface area contributed by atoms with E-state index >= 15 is 0 Å². The van der Waals surface area contributed by atoms with Gasteiger partial charge in [-0.05, 0) is 29.8 Å². The third-order valence-electron chi connectivity index (χ3n) is 4.25. The SMILES string of the molecule is C=CC(=O)N(Cc1ccccc1)C1CCOc2ccc(OC)cc21. The van der Waals surface area contributed by atoms with Crippen LogP contribution < -0.4 is 9.47 Å². The van der Waals surface area contributed by atoms with Crippen LogP contribution in [-0.2, 0) is 11.3 Å². The number of hydrogen-bond donors (Lipinski definition) is 0. The first kappa shape index (κ1) is 16.1. The number of methoxy groups -OCH3 is 1. The third kappa shape index (κ3) is 3.27. The van der Waals surface area contributed by atoms with Crippen LogP contribution in [0.1, 0.15) is 23.6 Å². The minimum absolute atomic E-state index is 0.0606. The lowest BCUT2D eigenvalue weighted by Crippen LogP contribution is -2.36. The molecule has 2 aromatic rings. The zero-order chi connectivity index (χ0) is 16.9. The van der Waals surface area contributed by atoms with Crippen LogP contribution in [0.2, 0.25) is 0 Å². The average molecular weight is 323 g/mol. The van der Waals surface area contributed by atoms with E-state index in [1.54, 1.807) is 7.11 Å². The van der Waals surface area contributed by atoms with Gasteiger partial charge in [0, 0.05) is 18.5 Å². The first-order chi connectivity index (χ1) is 11.7. The molecule has 0 fully saturated rings. The predicted octanol–water partition coefficient (Wildman–Crippen LogP) is 3.73. The summed E-state index contributed by atoms with van der Waals surface area (Å²) in [5, 5.41) is 0. The van der Waals surface area contributed by atoms with Crippen molar-refractivity contribution in [2.75, 3.05) is 13.7 Å². The van der Waals surface area contributed by atoms with Gasteiger partial charge in [-0.15, -0.1) is 0 Å². The highest BCUT2D eigenvalue weighted by atomic mass is 16.5. The number of fused-ring (bicyclic) bond motifs is 1. The van der Waals surface area contributed by atoms with Crippen molar-refractivity contribution >= 4 is 5.91 Å². The summed E-state index contributed by atoms with van der Waals surface area (Å²) in [5.41, 5.74) is 2.07. The molecule has 124 valence electrons. The van der Waals surface area contributed by atoms with Gasteiger partial charge in [0.05, 0.1) is 19.8 Å². The van der Waals surface area contributed by atoms with Crippen LogP contribution in [0.5, 0.6) is 11.5 Å². The van der Waals surface area contributed by atoms with Gasteiger partial charge in [-0.1, -0.05) is 36.9 Å². The van der Waals surface area contributed by atoms with Crippen LogP contribution in [0.4, 0.5) is 0 Å². The molecule has 1 aliphatic rings. The van der Waals surface area contributed by atoms with E-state index in [9.17, 15) is 4.79 Å². The maximum absolute atomic E-state index is 12.5. The number of amides is 1. The van der Waals surface area contributed by atoms with Crippen LogP contribution in [-0.4, -0.2) is 24.5 Å². The van der Waals surface area contributed by atoms with E-state index < -0.39 is 0 Å². The predicted molar refractivity (Wildman–Crippen MR) is 93.0 cm³/mol. The molecule has 1 amide bonds. The highest BCUT2D eigenvalue weighted by molar-refractivity contribution is 5.87. The number of ether oxygens (including phenoxy) is 2. The van der Waals surface area contributed by atoms with Gasteiger partial charge in [0.25, 0.3) is 0 Å². The summed E-state index contributed by atoms with van der Waals surface area (Å²) >= 11 is 0. The van der Waals surface area contributed by atoms with Crippen molar-refractivity contribution in [1.29, 1.82) is 0 Å². The van der Waals surface area contributed by atoms with Gasteiger partial charge in [-0.3, -0.25) is 4.79 Å². The fourth-order valence-electron chi connectivity index (χ4n) is 3.04. The Morgan fingerprint density at radius 1 is 1.33 bits per heavy atom. The molecular formula is C20H21NO3. The van der Waals surface area contributed by atoms with Gasteiger partial charge in [0.1, 0.15) is 11.5 Å². The van der Waals surface area contributed by atoms with Gasteiger partial charge in [-0.25, -0.2) is 0 Å². The molecule has 0 saturated carbocycles. The minimum Gasteiger partial charge on any atom is -0.497 e. The molecule has 1 heterocycles. The molecule has 0 aliphatic carbocycles. The first-order valence-corrected chi connectivity index (χ1v) is 8.00. The second-order valence-corrected chi connectivity index (χ2v) is 5.71. The van der Waals surface area contributed by atoms with E-state index in [1.807, 2.05) is 53.4 Å². The monoisotopic (exact) mass is 323 g/mol. The van der Waals surface area contributed by atoms with Crippen LogP contribution in [0, 0.1) is 0 Å². The Labute approximate surface area is 142 Å². The number of nitrogens with zero attached hydrogens (tertiary/aromatic N) is 1. The zero-order valence-corrected chi connectivity index (χ0v) is 13.8. The van der Waals surface area contributed by atoms with Gasteiger partial charge >= 0.3 is 0 Å². The fourth-order valence-corrected chi connectivity index (χ4v) is 3.04. The molecule has 4 nitrogen and oxygen atoms in total. The van der Waals surface area contributed by atoms with Crippen LogP contribution in [0.3, 0.4) is 0 Å². The fraction of sp³-hybridized carbons (Fsp3) is 0.250. The molecule has 0 radical (unpaired) electrons. The third-order valence-corrected chi connectivity index (χ3v) is 4.25. The molecule has 3 rings (SSSR count). The second kappa shape index (κ2) is 7.21. The maximum atomic E-state index is 12.5. The van der Waals surface area contributed by atoms with Crippen molar-refractivity contribution in [1.82, 2.24) is 4.90 Å². The molecule has 0 bridgehead atoms. The Morgan fingerprint density at radius 2 is 2.12 bits per heavy atom. The lowest BCUT2D eigenvalue weighted by molar-refractivity contribution is -0.129. The molecule has 1 aliphatic heterocycles. The summed E-state index contributed by atoms with van der Waals surface area (Å²) in [5.74, 6) is 1.48. The standard InChI is InChI=1S/C20H21NO3/c1-3-20(22)21(14-15-7-5-4-6-8-15)18-11-12-24-19-10-9-16(23-2)13-17(18)19/h3-10,13,18H,1,11-12,14H2,2H3. The van der Waals surface area contributed by atoms with Crippen LogP contribution >= 0.6 is 0 Å². The van der Waals surface area contributed by atoms with Gasteiger partial charge in [0.2, 0.25) is 5.91 Å². The molecule has 1 unspecified atom stereocenters. The van der Waals surface area contributed by atoms with E-state index in [-0.39, 0.29) is 11.9 Å². The number of hydrogen-bond acceptors (Lipinski definition) is 3. The molecule has 2 aromatic carbocycles. The average Bonchev–Trinajstić information content (AvgIpc) is 2.65. The van der Waals surface area contributed by atoms with E-state index in [1.165, 1.54) is 6.08 Å². The number of carbonyl (C=O) groups is 1. The topological polar surface area (TPSA) is 38.8 Å². The quantitative estimate of drug-likeness (QED) is 0.787. The van der Waals surface area contributed by atoms with Crippen molar-refractivity contribution < 1.29 is 14.3 Å².